The van der Waals surface area contributed by atoms with Crippen molar-refractivity contribution in [2.24, 2.45) is 17.8 Å². The summed E-state index contributed by atoms with van der Waals surface area (Å²) in [5, 5.41) is 11.0. The number of nitrogens with zero attached hydrogens (tertiary/aromatic N) is 1. The minimum Gasteiger partial charge on any atom is -0.490 e. The van der Waals surface area contributed by atoms with E-state index in [-0.39, 0.29) is 28.7 Å². The van der Waals surface area contributed by atoms with E-state index in [0.29, 0.717) is 43.9 Å². The molecule has 0 saturated heterocycles. The largest absolute Gasteiger partial charge is 0.490 e. The predicted octanol–water partition coefficient (Wildman–Crippen LogP) is 6.60. The Morgan fingerprint density at radius 1 is 1.23 bits per heavy atom. The Bertz CT molecular complexity index is 1710. The van der Waals surface area contributed by atoms with Gasteiger partial charge in [-0.15, -0.1) is 0 Å². The molecule has 2 aromatic rings. The highest BCUT2D eigenvalue weighted by atomic mass is 35.5. The zero-order chi connectivity index (χ0) is 34.4. The number of ether oxygens (including phenoxy) is 2. The molecule has 1 saturated carbocycles. The molecule has 7 atom stereocenters. The van der Waals surface area contributed by atoms with E-state index in [9.17, 15) is 18.3 Å². The molecule has 2 aliphatic heterocycles. The summed E-state index contributed by atoms with van der Waals surface area (Å²) in [6.07, 6.45) is 8.94. The monoisotopic (exact) mass is 696 g/mol. The Morgan fingerprint density at radius 3 is 2.73 bits per heavy atom. The van der Waals surface area contributed by atoms with Crippen LogP contribution in [0.25, 0.3) is 0 Å². The van der Waals surface area contributed by atoms with Gasteiger partial charge in [-0.05, 0) is 112 Å². The van der Waals surface area contributed by atoms with Crippen molar-refractivity contribution in [2.75, 3.05) is 31.7 Å². The van der Waals surface area contributed by atoms with Gasteiger partial charge >= 0.3 is 0 Å². The number of benzene rings is 2. The van der Waals surface area contributed by atoms with Gasteiger partial charge in [-0.2, -0.15) is 0 Å². The molecule has 10 heteroatoms. The van der Waals surface area contributed by atoms with Crippen molar-refractivity contribution in [3.8, 4) is 5.75 Å². The molecular formula is C38H49ClN2O6S. The van der Waals surface area contributed by atoms with Gasteiger partial charge in [0.05, 0.1) is 29.2 Å². The Labute approximate surface area is 290 Å². The maximum absolute atomic E-state index is 13.5. The van der Waals surface area contributed by atoms with E-state index in [1.54, 1.807) is 32.2 Å². The Morgan fingerprint density at radius 2 is 2.02 bits per heavy atom. The Balaban J connectivity index is 1.47. The van der Waals surface area contributed by atoms with Crippen molar-refractivity contribution >= 4 is 33.2 Å². The number of methoxy groups -OCH3 is 1. The summed E-state index contributed by atoms with van der Waals surface area (Å²) in [7, 11) is -2.28. The summed E-state index contributed by atoms with van der Waals surface area (Å²) in [6.45, 7) is 11.2. The average molecular weight is 697 g/mol. The van der Waals surface area contributed by atoms with Gasteiger partial charge in [0.2, 0.25) is 10.0 Å². The van der Waals surface area contributed by atoms with E-state index in [0.717, 1.165) is 42.8 Å². The lowest BCUT2D eigenvalue weighted by Crippen LogP contribution is -2.54. The number of aliphatic hydroxyl groups is 1. The van der Waals surface area contributed by atoms with Crippen LogP contribution in [0.1, 0.15) is 80.8 Å². The Kier molecular flexibility index (Phi) is 9.81. The number of allylic oxidation sites excluding steroid dienone is 1. The molecule has 2 N–H and O–H groups in total. The van der Waals surface area contributed by atoms with E-state index in [1.807, 2.05) is 26.0 Å². The summed E-state index contributed by atoms with van der Waals surface area (Å²) >= 11 is 6.45. The van der Waals surface area contributed by atoms with Gasteiger partial charge in [-0.25, -0.2) is 13.1 Å². The number of nitrogens with one attached hydrogen (secondary N) is 1. The second-order valence-electron chi connectivity index (χ2n) is 14.8. The highest BCUT2D eigenvalue weighted by molar-refractivity contribution is 7.90. The minimum absolute atomic E-state index is 0.101. The lowest BCUT2D eigenvalue weighted by atomic mass is 9.62. The van der Waals surface area contributed by atoms with Crippen LogP contribution in [-0.4, -0.2) is 63.2 Å². The van der Waals surface area contributed by atoms with E-state index in [2.05, 4.69) is 34.4 Å². The van der Waals surface area contributed by atoms with Crippen molar-refractivity contribution in [2.45, 2.75) is 88.1 Å². The van der Waals surface area contributed by atoms with Crippen LogP contribution in [0.15, 0.2) is 60.7 Å². The van der Waals surface area contributed by atoms with Crippen LogP contribution < -0.4 is 14.4 Å². The first-order valence-corrected chi connectivity index (χ1v) is 19.1. The summed E-state index contributed by atoms with van der Waals surface area (Å²) < 4.78 is 42.2. The standard InChI is InChI=1S/C38H49ClN2O6S/c1-24(2)34(42)20-38(46-5)17-6-8-25(3)26(4)48(44,45)40-36(43)28-11-15-35-33(19-28)41(21-29-10-13-32(29)38)22-37(23-47-35)16-7-9-27-18-30(39)12-14-31(27)37/h6,11-12,14-15,17-19,25-26,29,32,34,42H,1,7-10,13,16,20-23H2,2-5H3,(H,40,43)/b17-6+/t25-,26+,29-,32+,34-,37-,38+/m0/s1. The molecule has 1 amide bonds. The average Bonchev–Trinajstić information content (AvgIpc) is 3.18. The van der Waals surface area contributed by atoms with Crippen LogP contribution >= 0.6 is 11.6 Å². The molecule has 1 spiro atoms. The lowest BCUT2D eigenvalue weighted by molar-refractivity contribution is -0.0942. The minimum atomic E-state index is -3.98. The zero-order valence-corrected chi connectivity index (χ0v) is 30.1. The number of sulfonamides is 1. The molecule has 4 aliphatic rings. The summed E-state index contributed by atoms with van der Waals surface area (Å²) in [5.41, 5.74) is 3.13. The quantitative estimate of drug-likeness (QED) is 0.348. The third-order valence-corrected chi connectivity index (χ3v) is 13.8. The number of rotatable bonds is 4. The topological polar surface area (TPSA) is 105 Å². The smallest absolute Gasteiger partial charge is 0.264 e. The summed E-state index contributed by atoms with van der Waals surface area (Å²) in [5.74, 6) is 0.0688. The van der Waals surface area contributed by atoms with E-state index in [1.165, 1.54) is 11.1 Å². The number of carbonyl (C=O) groups is 1. The van der Waals surface area contributed by atoms with E-state index >= 15 is 0 Å². The molecule has 0 aromatic heterocycles. The van der Waals surface area contributed by atoms with Gasteiger partial charge in [0.1, 0.15) is 5.75 Å². The van der Waals surface area contributed by atoms with Gasteiger partial charge in [0.25, 0.3) is 5.91 Å². The molecule has 2 heterocycles. The van der Waals surface area contributed by atoms with Crippen LogP contribution in [0.4, 0.5) is 5.69 Å². The van der Waals surface area contributed by atoms with E-state index < -0.39 is 32.9 Å². The van der Waals surface area contributed by atoms with Crippen molar-refractivity contribution in [1.29, 1.82) is 0 Å². The molecule has 48 heavy (non-hydrogen) atoms. The van der Waals surface area contributed by atoms with Crippen molar-refractivity contribution in [1.82, 2.24) is 4.72 Å². The number of halogens is 1. The lowest BCUT2D eigenvalue weighted by Gasteiger charge is -2.51. The molecule has 0 radical (unpaired) electrons. The SMILES string of the molecule is C=C(C)[C@@H](O)C[C@]1(OC)/C=C/C[C@H](C)[C@@H](C)S(=O)(=O)NC(=O)c2ccc3c(c2)N(C[C@@H]2CC[C@H]21)C[C@@]1(CCCc2cc(Cl)ccc21)CO3. The number of fused-ring (bicyclic) bond motifs is 4. The fourth-order valence-electron chi connectivity index (χ4n) is 8.35. The second-order valence-corrected chi connectivity index (χ2v) is 17.2. The van der Waals surface area contributed by atoms with Crippen LogP contribution in [0.2, 0.25) is 5.02 Å². The fourth-order valence-corrected chi connectivity index (χ4v) is 9.83. The first kappa shape index (κ1) is 35.0. The van der Waals surface area contributed by atoms with Crippen molar-refractivity contribution in [3.63, 3.8) is 0 Å². The molecule has 260 valence electrons. The molecule has 6 rings (SSSR count). The number of aryl methyl sites for hydroxylation is 1. The maximum atomic E-state index is 13.5. The van der Waals surface area contributed by atoms with Crippen molar-refractivity contribution in [3.05, 3.63) is 82.4 Å². The summed E-state index contributed by atoms with van der Waals surface area (Å²) in [4.78, 5) is 15.9. The number of hydrogen-bond donors (Lipinski definition) is 2. The van der Waals surface area contributed by atoms with Crippen LogP contribution in [0.5, 0.6) is 5.75 Å². The molecule has 8 nitrogen and oxygen atoms in total. The van der Waals surface area contributed by atoms with Crippen LogP contribution in [0.3, 0.4) is 0 Å². The molecule has 2 bridgehead atoms. The number of aliphatic hydroxyl groups excluding tert-OH is 1. The van der Waals surface area contributed by atoms with Gasteiger partial charge < -0.3 is 19.5 Å². The molecule has 0 unspecified atom stereocenters. The third kappa shape index (κ3) is 6.55. The summed E-state index contributed by atoms with van der Waals surface area (Å²) in [6, 6.07) is 11.4. The fraction of sp³-hybridized carbons (Fsp3) is 0.553. The van der Waals surface area contributed by atoms with Crippen molar-refractivity contribution < 1.29 is 27.8 Å². The first-order chi connectivity index (χ1) is 22.8. The predicted molar refractivity (Wildman–Crippen MR) is 190 cm³/mol. The zero-order valence-electron chi connectivity index (χ0n) is 28.5. The maximum Gasteiger partial charge on any atom is 0.264 e. The van der Waals surface area contributed by atoms with Crippen LogP contribution in [0, 0.1) is 17.8 Å². The molecular weight excluding hydrogens is 648 g/mol. The molecule has 2 aromatic carbocycles. The van der Waals surface area contributed by atoms with Gasteiger partial charge in [-0.1, -0.05) is 48.9 Å². The molecule has 2 aliphatic carbocycles. The van der Waals surface area contributed by atoms with Gasteiger partial charge in [0.15, 0.2) is 0 Å². The third-order valence-electron chi connectivity index (χ3n) is 11.7. The number of amides is 1. The highest BCUT2D eigenvalue weighted by Gasteiger charge is 2.50. The van der Waals surface area contributed by atoms with Gasteiger partial charge in [0, 0.05) is 42.6 Å². The number of carbonyl (C=O) groups excluding carboxylic acids is 1. The highest BCUT2D eigenvalue weighted by Crippen LogP contribution is 2.50. The number of anilines is 1. The Hall–Kier alpha value is -2.85. The second kappa shape index (κ2) is 13.5. The van der Waals surface area contributed by atoms with Crippen LogP contribution in [-0.2, 0) is 26.6 Å². The first-order valence-electron chi connectivity index (χ1n) is 17.2. The molecule has 1 fully saturated rings. The number of hydrogen-bond acceptors (Lipinski definition) is 7. The normalized spacial score (nSPS) is 32.8. The van der Waals surface area contributed by atoms with Gasteiger partial charge in [-0.3, -0.25) is 4.79 Å². The van der Waals surface area contributed by atoms with E-state index in [4.69, 9.17) is 21.1 Å².